The third kappa shape index (κ3) is 2.55. The molecule has 0 saturated heterocycles. The van der Waals surface area contributed by atoms with Crippen molar-refractivity contribution in [2.45, 2.75) is 17.5 Å². The van der Waals surface area contributed by atoms with Gasteiger partial charge < -0.3 is 9.67 Å². The van der Waals surface area contributed by atoms with Gasteiger partial charge in [0.05, 0.1) is 30.1 Å². The van der Waals surface area contributed by atoms with E-state index >= 15 is 0 Å². The zero-order valence-electron chi connectivity index (χ0n) is 10.00. The highest BCUT2D eigenvalue weighted by Gasteiger charge is 2.08. The first-order valence-corrected chi connectivity index (χ1v) is 6.47. The van der Waals surface area contributed by atoms with Crippen LogP contribution in [0.15, 0.2) is 35.6 Å². The molecule has 1 heterocycles. The highest BCUT2D eigenvalue weighted by molar-refractivity contribution is 7.98. The molecule has 1 N–H and O–H groups in total. The van der Waals surface area contributed by atoms with Crippen LogP contribution in [-0.2, 0) is 19.4 Å². The number of hydrogen-bond donors (Lipinski definition) is 1. The van der Waals surface area contributed by atoms with E-state index in [1.54, 1.807) is 18.0 Å². The predicted octanol–water partition coefficient (Wildman–Crippen LogP) is 2.08. The van der Waals surface area contributed by atoms with Crippen molar-refractivity contribution in [2.75, 3.05) is 0 Å². The molecular weight excluding hydrogens is 246 g/mol. The smallest absolute Gasteiger partial charge is 0.168 e. The molecule has 0 radical (unpaired) electrons. The lowest BCUT2D eigenvalue weighted by Gasteiger charge is -2.05. The average molecular weight is 259 g/mol. The molecule has 5 heteroatoms. The fourth-order valence-corrected chi connectivity index (χ4v) is 2.58. The standard InChI is InChI=1S/C13H13N3OS/c1-16-12(8-17)7-15-13(16)18-9-11-5-3-2-4-10(11)6-14/h2-5,7,17H,8-9H2,1H3. The molecule has 4 nitrogen and oxygen atoms in total. The fourth-order valence-electron chi connectivity index (χ4n) is 1.60. The first-order chi connectivity index (χ1) is 8.76. The Hall–Kier alpha value is -1.77. The fraction of sp³-hybridized carbons (Fsp3) is 0.231. The molecule has 0 fully saturated rings. The molecule has 1 aromatic carbocycles. The normalized spacial score (nSPS) is 10.3. The van der Waals surface area contributed by atoms with Gasteiger partial charge in [0.15, 0.2) is 5.16 Å². The Labute approximate surface area is 110 Å². The summed E-state index contributed by atoms with van der Waals surface area (Å²) in [5.41, 5.74) is 2.48. The van der Waals surface area contributed by atoms with Crippen molar-refractivity contribution >= 4 is 11.8 Å². The highest BCUT2D eigenvalue weighted by Crippen LogP contribution is 2.23. The van der Waals surface area contributed by atoms with Crippen LogP contribution >= 0.6 is 11.8 Å². The lowest BCUT2D eigenvalue weighted by atomic mass is 10.1. The first kappa shape index (κ1) is 12.7. The second-order valence-electron chi connectivity index (χ2n) is 3.81. The van der Waals surface area contributed by atoms with Crippen molar-refractivity contribution in [1.29, 1.82) is 5.26 Å². The molecule has 2 aromatic rings. The van der Waals surface area contributed by atoms with E-state index in [1.807, 2.05) is 35.9 Å². The Kier molecular flexibility index (Phi) is 4.03. The van der Waals surface area contributed by atoms with Gasteiger partial charge in [0.25, 0.3) is 0 Å². The Morgan fingerprint density at radius 1 is 1.44 bits per heavy atom. The van der Waals surface area contributed by atoms with Gasteiger partial charge in [-0.2, -0.15) is 5.26 Å². The van der Waals surface area contributed by atoms with Crippen molar-refractivity contribution in [3.63, 3.8) is 0 Å². The van der Waals surface area contributed by atoms with Crippen LogP contribution < -0.4 is 0 Å². The summed E-state index contributed by atoms with van der Waals surface area (Å²) in [6, 6.07) is 9.72. The molecule has 92 valence electrons. The van der Waals surface area contributed by atoms with Gasteiger partial charge in [-0.3, -0.25) is 0 Å². The summed E-state index contributed by atoms with van der Waals surface area (Å²) >= 11 is 1.56. The van der Waals surface area contributed by atoms with Gasteiger partial charge in [-0.1, -0.05) is 30.0 Å². The molecule has 0 saturated carbocycles. The lowest BCUT2D eigenvalue weighted by molar-refractivity contribution is 0.271. The number of aliphatic hydroxyl groups excluding tert-OH is 1. The van der Waals surface area contributed by atoms with Crippen LogP contribution in [0.5, 0.6) is 0 Å². The highest BCUT2D eigenvalue weighted by atomic mass is 32.2. The van der Waals surface area contributed by atoms with Crippen molar-refractivity contribution in [3.8, 4) is 6.07 Å². The van der Waals surface area contributed by atoms with E-state index in [0.29, 0.717) is 11.3 Å². The topological polar surface area (TPSA) is 61.8 Å². The van der Waals surface area contributed by atoms with Crippen LogP contribution in [0, 0.1) is 11.3 Å². The van der Waals surface area contributed by atoms with Gasteiger partial charge in [-0.05, 0) is 11.6 Å². The monoisotopic (exact) mass is 259 g/mol. The largest absolute Gasteiger partial charge is 0.390 e. The van der Waals surface area contributed by atoms with Gasteiger partial charge in [0.1, 0.15) is 0 Å². The third-order valence-electron chi connectivity index (χ3n) is 2.70. The molecule has 0 bridgehead atoms. The number of thioether (sulfide) groups is 1. The summed E-state index contributed by atoms with van der Waals surface area (Å²) < 4.78 is 1.86. The van der Waals surface area contributed by atoms with Crippen LogP contribution in [0.3, 0.4) is 0 Å². The second-order valence-corrected chi connectivity index (χ2v) is 4.75. The van der Waals surface area contributed by atoms with E-state index in [4.69, 9.17) is 10.4 Å². The van der Waals surface area contributed by atoms with Gasteiger partial charge in [0.2, 0.25) is 0 Å². The number of aliphatic hydroxyl groups is 1. The molecule has 1 aromatic heterocycles. The number of imidazole rings is 1. The summed E-state index contributed by atoms with van der Waals surface area (Å²) in [6.07, 6.45) is 1.67. The third-order valence-corrected chi connectivity index (χ3v) is 3.79. The van der Waals surface area contributed by atoms with E-state index in [0.717, 1.165) is 16.4 Å². The first-order valence-electron chi connectivity index (χ1n) is 5.48. The minimum absolute atomic E-state index is 0.0150. The van der Waals surface area contributed by atoms with Gasteiger partial charge >= 0.3 is 0 Å². The van der Waals surface area contributed by atoms with Gasteiger partial charge in [-0.25, -0.2) is 4.98 Å². The summed E-state index contributed by atoms with van der Waals surface area (Å²) in [7, 11) is 1.87. The molecule has 0 aliphatic rings. The van der Waals surface area contributed by atoms with E-state index in [-0.39, 0.29) is 6.61 Å². The number of rotatable bonds is 4. The lowest BCUT2D eigenvalue weighted by Crippen LogP contribution is -1.97. The second kappa shape index (κ2) is 5.71. The minimum Gasteiger partial charge on any atom is -0.390 e. The van der Waals surface area contributed by atoms with Gasteiger partial charge in [0, 0.05) is 12.8 Å². The zero-order valence-corrected chi connectivity index (χ0v) is 10.8. The summed E-state index contributed by atoms with van der Waals surface area (Å²) in [5.74, 6) is 0.694. The molecule has 0 aliphatic carbocycles. The predicted molar refractivity (Wildman–Crippen MR) is 69.8 cm³/mol. The van der Waals surface area contributed by atoms with Gasteiger partial charge in [-0.15, -0.1) is 0 Å². The maximum absolute atomic E-state index is 9.09. The maximum Gasteiger partial charge on any atom is 0.168 e. The van der Waals surface area contributed by atoms with E-state index in [2.05, 4.69) is 11.1 Å². The molecule has 0 atom stereocenters. The van der Waals surface area contributed by atoms with Crippen LogP contribution in [0.2, 0.25) is 0 Å². The van der Waals surface area contributed by atoms with Crippen LogP contribution in [0.1, 0.15) is 16.8 Å². The Morgan fingerprint density at radius 3 is 2.89 bits per heavy atom. The summed E-state index contributed by atoms with van der Waals surface area (Å²) in [4.78, 5) is 4.24. The SMILES string of the molecule is Cn1c(CO)cnc1SCc1ccccc1C#N. The number of nitriles is 1. The summed E-state index contributed by atoms with van der Waals surface area (Å²) in [5, 5.41) is 18.9. The average Bonchev–Trinajstić information content (AvgIpc) is 2.77. The quantitative estimate of drug-likeness (QED) is 0.854. The molecule has 18 heavy (non-hydrogen) atoms. The number of hydrogen-bond acceptors (Lipinski definition) is 4. The van der Waals surface area contributed by atoms with Crippen molar-refractivity contribution < 1.29 is 5.11 Å². The number of benzene rings is 1. The van der Waals surface area contributed by atoms with E-state index in [9.17, 15) is 0 Å². The number of nitrogens with zero attached hydrogens (tertiary/aromatic N) is 3. The van der Waals surface area contributed by atoms with Crippen molar-refractivity contribution in [2.24, 2.45) is 7.05 Å². The van der Waals surface area contributed by atoms with Crippen molar-refractivity contribution in [3.05, 3.63) is 47.3 Å². The Morgan fingerprint density at radius 2 is 2.22 bits per heavy atom. The Bertz CT molecular complexity index is 586. The van der Waals surface area contributed by atoms with Crippen molar-refractivity contribution in [1.82, 2.24) is 9.55 Å². The molecule has 0 amide bonds. The van der Waals surface area contributed by atoms with E-state index < -0.39 is 0 Å². The molecule has 2 rings (SSSR count). The molecule has 0 unspecified atom stereocenters. The summed E-state index contributed by atoms with van der Waals surface area (Å²) in [6.45, 7) is -0.0150. The van der Waals surface area contributed by atoms with Crippen LogP contribution in [0.4, 0.5) is 0 Å². The maximum atomic E-state index is 9.09. The van der Waals surface area contributed by atoms with E-state index in [1.165, 1.54) is 0 Å². The van der Waals surface area contributed by atoms with Crippen LogP contribution in [0.25, 0.3) is 0 Å². The molecular formula is C13H13N3OS. The van der Waals surface area contributed by atoms with Crippen LogP contribution in [-0.4, -0.2) is 14.7 Å². The number of aromatic nitrogens is 2. The Balaban J connectivity index is 2.12. The minimum atomic E-state index is -0.0150. The zero-order chi connectivity index (χ0) is 13.0. The molecule has 0 spiro atoms. The molecule has 0 aliphatic heterocycles.